The van der Waals surface area contributed by atoms with Gasteiger partial charge in [-0.05, 0) is 47.5 Å². The minimum absolute atomic E-state index is 0.247. The van der Waals surface area contributed by atoms with Crippen LogP contribution in [0.3, 0.4) is 0 Å². The zero-order valence-electron chi connectivity index (χ0n) is 13.6. The van der Waals surface area contributed by atoms with Crippen molar-refractivity contribution in [2.24, 2.45) is 0 Å². The number of hydrogen-bond donors (Lipinski definition) is 0. The summed E-state index contributed by atoms with van der Waals surface area (Å²) in [4.78, 5) is 18.8. The first-order chi connectivity index (χ1) is 9.76. The maximum atomic E-state index is 12.2. The summed E-state index contributed by atoms with van der Waals surface area (Å²) in [7, 11) is 0. The van der Waals surface area contributed by atoms with Crippen molar-refractivity contribution in [3.63, 3.8) is 0 Å². The lowest BCUT2D eigenvalue weighted by molar-refractivity contribution is 0.0236. The van der Waals surface area contributed by atoms with Crippen LogP contribution in [0.2, 0.25) is 0 Å². The number of imidazole rings is 1. The smallest absolute Gasteiger partial charge is 0.410 e. The van der Waals surface area contributed by atoms with Gasteiger partial charge in [0.25, 0.3) is 0 Å². The summed E-state index contributed by atoms with van der Waals surface area (Å²) in [6.07, 6.45) is 2.25. The van der Waals surface area contributed by atoms with Crippen LogP contribution < -0.4 is 0 Å². The molecule has 116 valence electrons. The second-order valence-corrected chi connectivity index (χ2v) is 7.44. The van der Waals surface area contributed by atoms with Crippen LogP contribution in [0.25, 0.3) is 0 Å². The summed E-state index contributed by atoms with van der Waals surface area (Å²) in [6.45, 7) is 11.2. The summed E-state index contributed by atoms with van der Waals surface area (Å²) in [5.41, 5.74) is 1.79. The molecule has 0 saturated heterocycles. The standard InChI is InChI=1S/C16H25N3O2/c1-10(2)19-13-9-18(15(20)21-16(3,4)5)8-12(13)17-14(19)11-6-7-11/h10-11H,6-9H2,1-5H3. The Morgan fingerprint density at radius 3 is 2.48 bits per heavy atom. The second-order valence-electron chi connectivity index (χ2n) is 7.44. The van der Waals surface area contributed by atoms with Crippen LogP contribution >= 0.6 is 0 Å². The van der Waals surface area contributed by atoms with E-state index in [1.807, 2.05) is 20.8 Å². The molecule has 1 fully saturated rings. The zero-order chi connectivity index (χ0) is 15.4. The van der Waals surface area contributed by atoms with Gasteiger partial charge in [-0.1, -0.05) is 0 Å². The highest BCUT2D eigenvalue weighted by Crippen LogP contribution is 2.42. The molecule has 1 saturated carbocycles. The molecule has 0 bridgehead atoms. The molecule has 1 amide bonds. The molecule has 1 aromatic rings. The Kier molecular flexibility index (Phi) is 3.26. The molecule has 0 unspecified atom stereocenters. The minimum Gasteiger partial charge on any atom is -0.444 e. The predicted octanol–water partition coefficient (Wildman–Crippen LogP) is 3.59. The Labute approximate surface area is 126 Å². The molecule has 2 heterocycles. The molecule has 1 aliphatic carbocycles. The Morgan fingerprint density at radius 1 is 1.29 bits per heavy atom. The second kappa shape index (κ2) is 4.75. The average molecular weight is 291 g/mol. The van der Waals surface area contributed by atoms with E-state index >= 15 is 0 Å². The predicted molar refractivity (Wildman–Crippen MR) is 80.1 cm³/mol. The molecule has 0 atom stereocenters. The van der Waals surface area contributed by atoms with Crippen LogP contribution in [0.4, 0.5) is 4.79 Å². The number of aromatic nitrogens is 2. The molecule has 0 N–H and O–H groups in total. The molecule has 2 aliphatic rings. The summed E-state index contributed by atoms with van der Waals surface area (Å²) >= 11 is 0. The fraction of sp³-hybridized carbons (Fsp3) is 0.750. The van der Waals surface area contributed by atoms with Crippen LogP contribution in [0, 0.1) is 0 Å². The van der Waals surface area contributed by atoms with Crippen molar-refractivity contribution < 1.29 is 9.53 Å². The van der Waals surface area contributed by atoms with E-state index < -0.39 is 5.60 Å². The lowest BCUT2D eigenvalue weighted by atomic mass is 10.2. The molecule has 5 heteroatoms. The fourth-order valence-corrected chi connectivity index (χ4v) is 2.91. The number of hydrogen-bond acceptors (Lipinski definition) is 3. The van der Waals surface area contributed by atoms with Gasteiger partial charge in [-0.3, -0.25) is 4.90 Å². The highest BCUT2D eigenvalue weighted by molar-refractivity contribution is 5.69. The van der Waals surface area contributed by atoms with Gasteiger partial charge in [-0.2, -0.15) is 0 Å². The SMILES string of the molecule is CC(C)n1c(C2CC2)nc2c1CN(C(=O)OC(C)(C)C)C2. The molecule has 21 heavy (non-hydrogen) atoms. The first-order valence-electron chi connectivity index (χ1n) is 7.84. The van der Waals surface area contributed by atoms with E-state index in [1.54, 1.807) is 4.90 Å². The first kappa shape index (κ1) is 14.4. The summed E-state index contributed by atoms with van der Waals surface area (Å²) < 4.78 is 7.79. The van der Waals surface area contributed by atoms with E-state index in [0.717, 1.165) is 5.69 Å². The van der Waals surface area contributed by atoms with Gasteiger partial charge in [-0.25, -0.2) is 9.78 Å². The quantitative estimate of drug-likeness (QED) is 0.836. The molecular weight excluding hydrogens is 266 g/mol. The lowest BCUT2D eigenvalue weighted by Gasteiger charge is -2.24. The maximum Gasteiger partial charge on any atom is 0.410 e. The molecule has 0 radical (unpaired) electrons. The van der Waals surface area contributed by atoms with Crippen molar-refractivity contribution >= 4 is 6.09 Å². The van der Waals surface area contributed by atoms with Gasteiger partial charge < -0.3 is 9.30 Å². The Morgan fingerprint density at radius 2 is 1.95 bits per heavy atom. The van der Waals surface area contributed by atoms with Crippen molar-refractivity contribution in [2.75, 3.05) is 0 Å². The number of ether oxygens (including phenoxy) is 1. The molecule has 1 aliphatic heterocycles. The van der Waals surface area contributed by atoms with Crippen molar-refractivity contribution in [3.8, 4) is 0 Å². The van der Waals surface area contributed by atoms with Crippen molar-refractivity contribution in [1.29, 1.82) is 0 Å². The number of fused-ring (bicyclic) bond motifs is 1. The molecule has 1 aromatic heterocycles. The van der Waals surface area contributed by atoms with Gasteiger partial charge in [0.15, 0.2) is 0 Å². The fourth-order valence-electron chi connectivity index (χ4n) is 2.91. The van der Waals surface area contributed by atoms with E-state index in [2.05, 4.69) is 18.4 Å². The summed E-state index contributed by atoms with van der Waals surface area (Å²) in [6, 6.07) is 0.385. The number of carbonyl (C=O) groups excluding carboxylic acids is 1. The minimum atomic E-state index is -0.454. The van der Waals surface area contributed by atoms with Gasteiger partial charge >= 0.3 is 6.09 Å². The Hall–Kier alpha value is -1.52. The van der Waals surface area contributed by atoms with E-state index in [0.29, 0.717) is 25.0 Å². The van der Waals surface area contributed by atoms with Gasteiger partial charge in [0.05, 0.1) is 24.5 Å². The number of carbonyl (C=O) groups is 1. The van der Waals surface area contributed by atoms with Crippen molar-refractivity contribution in [3.05, 3.63) is 17.2 Å². The van der Waals surface area contributed by atoms with Gasteiger partial charge in [0.2, 0.25) is 0 Å². The average Bonchev–Trinajstić information content (AvgIpc) is 2.97. The van der Waals surface area contributed by atoms with E-state index in [-0.39, 0.29) is 6.09 Å². The lowest BCUT2D eigenvalue weighted by Crippen LogP contribution is -2.34. The van der Waals surface area contributed by atoms with Crippen LogP contribution in [0.1, 0.15) is 76.6 Å². The normalized spacial score (nSPS) is 18.3. The Balaban J connectivity index is 1.80. The largest absolute Gasteiger partial charge is 0.444 e. The third kappa shape index (κ3) is 2.78. The zero-order valence-corrected chi connectivity index (χ0v) is 13.6. The number of nitrogens with zero attached hydrogens (tertiary/aromatic N) is 3. The van der Waals surface area contributed by atoms with Gasteiger partial charge in [0.1, 0.15) is 11.4 Å². The van der Waals surface area contributed by atoms with E-state index in [4.69, 9.17) is 9.72 Å². The highest BCUT2D eigenvalue weighted by atomic mass is 16.6. The first-order valence-corrected chi connectivity index (χ1v) is 7.84. The van der Waals surface area contributed by atoms with Crippen LogP contribution in [0.5, 0.6) is 0 Å². The highest BCUT2D eigenvalue weighted by Gasteiger charge is 2.37. The monoisotopic (exact) mass is 291 g/mol. The molecule has 0 spiro atoms. The van der Waals surface area contributed by atoms with Gasteiger partial charge in [-0.15, -0.1) is 0 Å². The van der Waals surface area contributed by atoms with Crippen molar-refractivity contribution in [1.82, 2.24) is 14.5 Å². The third-order valence-corrected chi connectivity index (χ3v) is 3.91. The van der Waals surface area contributed by atoms with E-state index in [9.17, 15) is 4.79 Å². The van der Waals surface area contributed by atoms with Crippen LogP contribution in [0.15, 0.2) is 0 Å². The summed E-state index contributed by atoms with van der Waals surface area (Å²) in [5, 5.41) is 0. The number of rotatable bonds is 2. The molecule has 3 rings (SSSR count). The van der Waals surface area contributed by atoms with Crippen molar-refractivity contribution in [2.45, 2.75) is 78.1 Å². The van der Waals surface area contributed by atoms with E-state index in [1.165, 1.54) is 24.4 Å². The van der Waals surface area contributed by atoms with Crippen LogP contribution in [-0.4, -0.2) is 26.1 Å². The maximum absolute atomic E-state index is 12.2. The summed E-state index contributed by atoms with van der Waals surface area (Å²) in [5.74, 6) is 1.85. The molecule has 0 aromatic carbocycles. The molecule has 5 nitrogen and oxygen atoms in total. The topological polar surface area (TPSA) is 47.4 Å². The Bertz CT molecular complexity index is 565. The molecular formula is C16H25N3O2. The van der Waals surface area contributed by atoms with Crippen LogP contribution in [-0.2, 0) is 17.8 Å². The van der Waals surface area contributed by atoms with Gasteiger partial charge in [0, 0.05) is 12.0 Å². The number of amides is 1. The third-order valence-electron chi connectivity index (χ3n) is 3.91.